The number of piperidine rings is 1. The SMILES string of the molecule is CC(C)(C)OC(=O)N1CCC(Cc2cc3cc(C#N)oc3cn2)CC1. The van der Waals surface area contributed by atoms with Gasteiger partial charge in [-0.1, -0.05) is 0 Å². The summed E-state index contributed by atoms with van der Waals surface area (Å²) >= 11 is 0. The smallest absolute Gasteiger partial charge is 0.410 e. The standard InChI is InChI=1S/C19H23N3O3/c1-19(2,3)25-18(23)22-6-4-13(5-7-22)8-15-9-14-10-16(11-20)24-17(14)12-21-15/h9-10,12-13H,4-8H2,1-3H3. The summed E-state index contributed by atoms with van der Waals surface area (Å²) in [6.07, 6.45) is 4.20. The van der Waals surface area contributed by atoms with Crippen LogP contribution in [0.2, 0.25) is 0 Å². The Balaban J connectivity index is 1.57. The zero-order valence-electron chi connectivity index (χ0n) is 14.9. The molecule has 1 aliphatic rings. The summed E-state index contributed by atoms with van der Waals surface area (Å²) in [7, 11) is 0. The van der Waals surface area contributed by atoms with Crippen molar-refractivity contribution in [1.82, 2.24) is 9.88 Å². The Kier molecular flexibility index (Phi) is 4.67. The molecule has 3 rings (SSSR count). The molecular formula is C19H23N3O3. The van der Waals surface area contributed by atoms with E-state index < -0.39 is 5.60 Å². The van der Waals surface area contributed by atoms with E-state index in [1.807, 2.05) is 32.9 Å². The lowest BCUT2D eigenvalue weighted by atomic mass is 9.92. The topological polar surface area (TPSA) is 79.4 Å². The average molecular weight is 341 g/mol. The second kappa shape index (κ2) is 6.75. The first-order valence-electron chi connectivity index (χ1n) is 8.60. The summed E-state index contributed by atoms with van der Waals surface area (Å²) in [5.41, 5.74) is 1.17. The third-order valence-electron chi connectivity index (χ3n) is 4.34. The second-order valence-electron chi connectivity index (χ2n) is 7.55. The third-order valence-corrected chi connectivity index (χ3v) is 4.34. The number of carbonyl (C=O) groups excluding carboxylic acids is 1. The quantitative estimate of drug-likeness (QED) is 0.828. The van der Waals surface area contributed by atoms with E-state index in [1.165, 1.54) is 0 Å². The molecule has 2 aromatic heterocycles. The number of aromatic nitrogens is 1. The van der Waals surface area contributed by atoms with Crippen LogP contribution in [0, 0.1) is 17.2 Å². The number of rotatable bonds is 2. The molecule has 0 unspecified atom stereocenters. The molecule has 0 bridgehead atoms. The number of fused-ring (bicyclic) bond motifs is 1. The van der Waals surface area contributed by atoms with E-state index >= 15 is 0 Å². The summed E-state index contributed by atoms with van der Waals surface area (Å²) in [4.78, 5) is 18.3. The van der Waals surface area contributed by atoms with Gasteiger partial charge in [0.25, 0.3) is 0 Å². The van der Waals surface area contributed by atoms with E-state index in [0.29, 0.717) is 30.4 Å². The molecule has 132 valence electrons. The van der Waals surface area contributed by atoms with Crippen LogP contribution in [0.4, 0.5) is 4.79 Å². The average Bonchev–Trinajstić information content (AvgIpc) is 2.96. The third kappa shape index (κ3) is 4.30. The predicted molar refractivity (Wildman–Crippen MR) is 93.0 cm³/mol. The molecule has 6 nitrogen and oxygen atoms in total. The number of nitrogens with zero attached hydrogens (tertiary/aromatic N) is 3. The van der Waals surface area contributed by atoms with Crippen molar-refractivity contribution in [2.45, 2.75) is 45.6 Å². The van der Waals surface area contributed by atoms with Gasteiger partial charge in [0, 0.05) is 30.2 Å². The lowest BCUT2D eigenvalue weighted by Gasteiger charge is -2.33. The molecule has 0 spiro atoms. The maximum absolute atomic E-state index is 12.1. The number of furan rings is 1. The first-order valence-corrected chi connectivity index (χ1v) is 8.60. The number of ether oxygens (including phenoxy) is 1. The van der Waals surface area contributed by atoms with Gasteiger partial charge in [0.2, 0.25) is 5.76 Å². The highest BCUT2D eigenvalue weighted by Gasteiger charge is 2.27. The van der Waals surface area contributed by atoms with Crippen LogP contribution in [0.5, 0.6) is 0 Å². The van der Waals surface area contributed by atoms with Crippen molar-refractivity contribution in [3.63, 3.8) is 0 Å². The van der Waals surface area contributed by atoms with E-state index in [2.05, 4.69) is 4.98 Å². The molecule has 0 N–H and O–H groups in total. The number of hydrogen-bond acceptors (Lipinski definition) is 5. The molecule has 0 atom stereocenters. The lowest BCUT2D eigenvalue weighted by Crippen LogP contribution is -2.42. The highest BCUT2D eigenvalue weighted by atomic mass is 16.6. The van der Waals surface area contributed by atoms with Gasteiger partial charge in [0.1, 0.15) is 11.7 Å². The molecule has 6 heteroatoms. The Morgan fingerprint density at radius 1 is 1.40 bits per heavy atom. The number of likely N-dealkylation sites (tertiary alicyclic amines) is 1. The minimum absolute atomic E-state index is 0.229. The molecule has 0 aromatic carbocycles. The minimum atomic E-state index is -0.458. The van der Waals surface area contributed by atoms with Crippen LogP contribution in [0.25, 0.3) is 11.0 Å². The Morgan fingerprint density at radius 3 is 2.76 bits per heavy atom. The maximum atomic E-state index is 12.1. The van der Waals surface area contributed by atoms with E-state index in [0.717, 1.165) is 30.3 Å². The van der Waals surface area contributed by atoms with Crippen molar-refractivity contribution in [2.75, 3.05) is 13.1 Å². The fourth-order valence-corrected chi connectivity index (χ4v) is 3.10. The highest BCUT2D eigenvalue weighted by molar-refractivity contribution is 5.78. The Labute approximate surface area is 147 Å². The first-order chi connectivity index (χ1) is 11.8. The van der Waals surface area contributed by atoms with Crippen LogP contribution in [0.3, 0.4) is 0 Å². The van der Waals surface area contributed by atoms with E-state index in [9.17, 15) is 4.79 Å². The van der Waals surface area contributed by atoms with Crippen LogP contribution in [-0.2, 0) is 11.2 Å². The van der Waals surface area contributed by atoms with Crippen LogP contribution in [-0.4, -0.2) is 34.7 Å². The summed E-state index contributed by atoms with van der Waals surface area (Å²) in [5, 5.41) is 9.81. The van der Waals surface area contributed by atoms with Gasteiger partial charge in [-0.3, -0.25) is 4.98 Å². The lowest BCUT2D eigenvalue weighted by molar-refractivity contribution is 0.0184. The van der Waals surface area contributed by atoms with Crippen molar-refractivity contribution < 1.29 is 13.9 Å². The van der Waals surface area contributed by atoms with Crippen molar-refractivity contribution in [3.8, 4) is 6.07 Å². The number of amides is 1. The number of carbonyl (C=O) groups is 1. The summed E-state index contributed by atoms with van der Waals surface area (Å²) in [5.74, 6) is 0.797. The molecule has 1 fully saturated rings. The van der Waals surface area contributed by atoms with Gasteiger partial charge >= 0.3 is 6.09 Å². The fraction of sp³-hybridized carbons (Fsp3) is 0.526. The van der Waals surface area contributed by atoms with Crippen LogP contribution >= 0.6 is 0 Å². The van der Waals surface area contributed by atoms with E-state index in [-0.39, 0.29) is 6.09 Å². The molecular weight excluding hydrogens is 318 g/mol. The van der Waals surface area contributed by atoms with Gasteiger partial charge in [-0.2, -0.15) is 5.26 Å². The summed E-state index contributed by atoms with van der Waals surface area (Å²) < 4.78 is 10.8. The molecule has 0 saturated carbocycles. The van der Waals surface area contributed by atoms with Crippen molar-refractivity contribution >= 4 is 17.1 Å². The van der Waals surface area contributed by atoms with Gasteiger partial charge < -0.3 is 14.1 Å². The molecule has 0 radical (unpaired) electrons. The molecule has 1 saturated heterocycles. The van der Waals surface area contributed by atoms with Gasteiger partial charge in [0.05, 0.1) is 6.20 Å². The van der Waals surface area contributed by atoms with Crippen molar-refractivity contribution in [1.29, 1.82) is 5.26 Å². The number of pyridine rings is 1. The fourth-order valence-electron chi connectivity index (χ4n) is 3.10. The number of nitriles is 1. The second-order valence-corrected chi connectivity index (χ2v) is 7.55. The summed E-state index contributed by atoms with van der Waals surface area (Å²) in [6, 6.07) is 5.73. The summed E-state index contributed by atoms with van der Waals surface area (Å²) in [6.45, 7) is 7.07. The molecule has 2 aromatic rings. The van der Waals surface area contributed by atoms with Gasteiger partial charge in [0.15, 0.2) is 5.58 Å². The van der Waals surface area contributed by atoms with Gasteiger partial charge in [-0.25, -0.2) is 4.79 Å². The van der Waals surface area contributed by atoms with Crippen molar-refractivity contribution in [2.24, 2.45) is 5.92 Å². The largest absolute Gasteiger partial charge is 0.444 e. The van der Waals surface area contributed by atoms with Crippen LogP contribution < -0.4 is 0 Å². The maximum Gasteiger partial charge on any atom is 0.410 e. The highest BCUT2D eigenvalue weighted by Crippen LogP contribution is 2.25. The Hall–Kier alpha value is -2.55. The van der Waals surface area contributed by atoms with Gasteiger partial charge in [-0.15, -0.1) is 0 Å². The minimum Gasteiger partial charge on any atom is -0.444 e. The predicted octanol–water partition coefficient (Wildman–Crippen LogP) is 3.89. The normalized spacial score (nSPS) is 16.0. The zero-order valence-corrected chi connectivity index (χ0v) is 14.9. The van der Waals surface area contributed by atoms with Crippen LogP contribution in [0.1, 0.15) is 45.1 Å². The Bertz CT molecular complexity index is 805. The number of hydrogen-bond donors (Lipinski definition) is 0. The molecule has 1 aliphatic heterocycles. The van der Waals surface area contributed by atoms with Crippen LogP contribution in [0.15, 0.2) is 22.7 Å². The zero-order chi connectivity index (χ0) is 18.0. The molecule has 25 heavy (non-hydrogen) atoms. The Morgan fingerprint density at radius 2 is 2.12 bits per heavy atom. The van der Waals surface area contributed by atoms with E-state index in [1.54, 1.807) is 17.2 Å². The molecule has 1 amide bonds. The van der Waals surface area contributed by atoms with E-state index in [4.69, 9.17) is 14.4 Å². The van der Waals surface area contributed by atoms with Crippen molar-refractivity contribution in [3.05, 3.63) is 29.8 Å². The monoisotopic (exact) mass is 341 g/mol. The van der Waals surface area contributed by atoms with Gasteiger partial charge in [-0.05, 0) is 52.0 Å². The molecule has 3 heterocycles. The molecule has 0 aliphatic carbocycles. The first kappa shape index (κ1) is 17.3.